The van der Waals surface area contributed by atoms with Gasteiger partial charge in [-0.1, -0.05) is 26.0 Å². The monoisotopic (exact) mass is 246 g/mol. The average molecular weight is 246 g/mol. The number of anilines is 1. The first-order valence-electron chi connectivity index (χ1n) is 6.67. The maximum atomic E-state index is 12.3. The Morgan fingerprint density at radius 3 is 2.61 bits per heavy atom. The minimum atomic E-state index is 0.221. The summed E-state index contributed by atoms with van der Waals surface area (Å²) < 4.78 is 0. The molecule has 0 unspecified atom stereocenters. The Balaban J connectivity index is 1.99. The largest absolute Gasteiger partial charge is 0.399 e. The van der Waals surface area contributed by atoms with Crippen molar-refractivity contribution in [2.75, 3.05) is 18.8 Å². The lowest BCUT2D eigenvalue weighted by Crippen LogP contribution is -2.43. The molecule has 0 radical (unpaired) electrons. The van der Waals surface area contributed by atoms with Crippen molar-refractivity contribution in [3.05, 3.63) is 29.8 Å². The summed E-state index contributed by atoms with van der Waals surface area (Å²) >= 11 is 0. The van der Waals surface area contributed by atoms with E-state index in [2.05, 4.69) is 13.8 Å². The van der Waals surface area contributed by atoms with Gasteiger partial charge in [0.15, 0.2) is 0 Å². The maximum absolute atomic E-state index is 12.3. The Hall–Kier alpha value is -1.51. The Morgan fingerprint density at radius 2 is 2.00 bits per heavy atom. The van der Waals surface area contributed by atoms with Crippen molar-refractivity contribution in [3.8, 4) is 0 Å². The fraction of sp³-hybridized carbons (Fsp3) is 0.533. The van der Waals surface area contributed by atoms with E-state index in [-0.39, 0.29) is 5.91 Å². The molecule has 1 saturated heterocycles. The van der Waals surface area contributed by atoms with E-state index in [0.717, 1.165) is 24.3 Å². The molecule has 2 rings (SSSR count). The molecule has 1 amide bonds. The predicted octanol–water partition coefficient (Wildman–Crippen LogP) is 2.32. The number of piperidine rings is 1. The Labute approximate surface area is 109 Å². The fourth-order valence-corrected chi connectivity index (χ4v) is 2.86. The van der Waals surface area contributed by atoms with Crippen molar-refractivity contribution in [2.24, 2.45) is 11.8 Å². The second kappa shape index (κ2) is 5.42. The summed E-state index contributed by atoms with van der Waals surface area (Å²) in [5, 5.41) is 0. The molecule has 1 aliphatic rings. The molecule has 1 fully saturated rings. The van der Waals surface area contributed by atoms with Crippen LogP contribution in [0.5, 0.6) is 0 Å². The van der Waals surface area contributed by atoms with Gasteiger partial charge >= 0.3 is 0 Å². The van der Waals surface area contributed by atoms with Crippen LogP contribution in [-0.4, -0.2) is 23.9 Å². The molecule has 1 aromatic carbocycles. The number of carbonyl (C=O) groups is 1. The number of nitrogen functional groups attached to an aromatic ring is 1. The third-order valence-corrected chi connectivity index (χ3v) is 3.53. The summed E-state index contributed by atoms with van der Waals surface area (Å²) in [6.07, 6.45) is 1.69. The zero-order valence-electron chi connectivity index (χ0n) is 11.2. The fourth-order valence-electron chi connectivity index (χ4n) is 2.86. The summed E-state index contributed by atoms with van der Waals surface area (Å²) in [6.45, 7) is 6.23. The third-order valence-electron chi connectivity index (χ3n) is 3.53. The second-order valence-corrected chi connectivity index (χ2v) is 5.67. The number of likely N-dealkylation sites (tertiary alicyclic amines) is 1. The van der Waals surface area contributed by atoms with E-state index < -0.39 is 0 Å². The Morgan fingerprint density at radius 1 is 1.33 bits per heavy atom. The summed E-state index contributed by atoms with van der Waals surface area (Å²) in [5.74, 6) is 1.44. The number of rotatable bonds is 2. The molecule has 1 aromatic rings. The Bertz CT molecular complexity index is 420. The van der Waals surface area contributed by atoms with Crippen LogP contribution in [0.2, 0.25) is 0 Å². The summed E-state index contributed by atoms with van der Waals surface area (Å²) in [5.41, 5.74) is 7.46. The molecule has 0 saturated carbocycles. The lowest BCUT2D eigenvalue weighted by molar-refractivity contribution is -0.133. The first-order chi connectivity index (χ1) is 8.54. The number of nitrogens with zero attached hydrogens (tertiary/aromatic N) is 1. The number of carbonyl (C=O) groups excluding carboxylic acids is 1. The SMILES string of the molecule is C[C@@H]1C[C@H](C)CN(C(=O)Cc2cccc(N)c2)C1. The first kappa shape index (κ1) is 12.9. The van der Waals surface area contributed by atoms with E-state index in [0.29, 0.717) is 18.3 Å². The minimum Gasteiger partial charge on any atom is -0.399 e. The van der Waals surface area contributed by atoms with Gasteiger partial charge < -0.3 is 10.6 Å². The standard InChI is InChI=1S/C15H22N2O/c1-11-6-12(2)10-17(9-11)15(18)8-13-4-3-5-14(16)7-13/h3-5,7,11-12H,6,8-10,16H2,1-2H3/t11-,12+. The molecule has 0 aliphatic carbocycles. The minimum absolute atomic E-state index is 0.221. The molecule has 18 heavy (non-hydrogen) atoms. The molecule has 0 bridgehead atoms. The molecule has 98 valence electrons. The molecule has 1 heterocycles. The summed E-state index contributed by atoms with van der Waals surface area (Å²) in [6, 6.07) is 7.60. The van der Waals surface area contributed by atoms with Crippen LogP contribution >= 0.6 is 0 Å². The van der Waals surface area contributed by atoms with Crippen molar-refractivity contribution >= 4 is 11.6 Å². The van der Waals surface area contributed by atoms with Crippen LogP contribution in [0.1, 0.15) is 25.8 Å². The van der Waals surface area contributed by atoms with Crippen LogP contribution in [0, 0.1) is 11.8 Å². The van der Waals surface area contributed by atoms with Crippen molar-refractivity contribution < 1.29 is 4.79 Å². The average Bonchev–Trinajstić information content (AvgIpc) is 2.27. The lowest BCUT2D eigenvalue weighted by atomic mass is 9.91. The van der Waals surface area contributed by atoms with Crippen LogP contribution in [0.4, 0.5) is 5.69 Å². The molecule has 2 atom stereocenters. The van der Waals surface area contributed by atoms with Crippen molar-refractivity contribution in [2.45, 2.75) is 26.7 Å². The van der Waals surface area contributed by atoms with Gasteiger partial charge in [0.1, 0.15) is 0 Å². The van der Waals surface area contributed by atoms with E-state index in [1.165, 1.54) is 6.42 Å². The van der Waals surface area contributed by atoms with E-state index in [4.69, 9.17) is 5.73 Å². The van der Waals surface area contributed by atoms with Gasteiger partial charge in [0.25, 0.3) is 0 Å². The normalized spacial score (nSPS) is 24.0. The first-order valence-corrected chi connectivity index (χ1v) is 6.67. The van der Waals surface area contributed by atoms with Gasteiger partial charge in [0.05, 0.1) is 6.42 Å². The van der Waals surface area contributed by atoms with Crippen LogP contribution in [0.25, 0.3) is 0 Å². The van der Waals surface area contributed by atoms with Crippen LogP contribution in [-0.2, 0) is 11.2 Å². The zero-order chi connectivity index (χ0) is 13.1. The highest BCUT2D eigenvalue weighted by Crippen LogP contribution is 2.21. The molecule has 2 N–H and O–H groups in total. The van der Waals surface area contributed by atoms with E-state index >= 15 is 0 Å². The number of hydrogen-bond donors (Lipinski definition) is 1. The number of nitrogens with two attached hydrogens (primary N) is 1. The lowest BCUT2D eigenvalue weighted by Gasteiger charge is -2.35. The van der Waals surface area contributed by atoms with Crippen LogP contribution < -0.4 is 5.73 Å². The zero-order valence-corrected chi connectivity index (χ0v) is 11.2. The number of benzene rings is 1. The van der Waals surface area contributed by atoms with Crippen LogP contribution in [0.3, 0.4) is 0 Å². The van der Waals surface area contributed by atoms with E-state index in [1.54, 1.807) is 0 Å². The molecule has 0 aromatic heterocycles. The van der Waals surface area contributed by atoms with Crippen LogP contribution in [0.15, 0.2) is 24.3 Å². The highest BCUT2D eigenvalue weighted by atomic mass is 16.2. The number of amides is 1. The Kier molecular flexibility index (Phi) is 3.90. The van der Waals surface area contributed by atoms with Gasteiger partial charge in [0, 0.05) is 18.8 Å². The molecule has 0 spiro atoms. The van der Waals surface area contributed by atoms with Gasteiger partial charge in [0.2, 0.25) is 5.91 Å². The van der Waals surface area contributed by atoms with Gasteiger partial charge in [-0.2, -0.15) is 0 Å². The highest BCUT2D eigenvalue weighted by Gasteiger charge is 2.25. The third kappa shape index (κ3) is 3.25. The van der Waals surface area contributed by atoms with Gasteiger partial charge in [-0.25, -0.2) is 0 Å². The molecular weight excluding hydrogens is 224 g/mol. The predicted molar refractivity (Wildman–Crippen MR) is 74.1 cm³/mol. The molecular formula is C15H22N2O. The summed E-state index contributed by atoms with van der Waals surface area (Å²) in [4.78, 5) is 14.3. The van der Waals surface area contributed by atoms with E-state index in [1.807, 2.05) is 29.2 Å². The van der Waals surface area contributed by atoms with Crippen molar-refractivity contribution in [1.29, 1.82) is 0 Å². The second-order valence-electron chi connectivity index (χ2n) is 5.67. The van der Waals surface area contributed by atoms with E-state index in [9.17, 15) is 4.79 Å². The van der Waals surface area contributed by atoms with Gasteiger partial charge in [-0.05, 0) is 36.0 Å². The smallest absolute Gasteiger partial charge is 0.227 e. The van der Waals surface area contributed by atoms with Gasteiger partial charge in [-0.3, -0.25) is 4.79 Å². The van der Waals surface area contributed by atoms with Crippen molar-refractivity contribution in [1.82, 2.24) is 4.90 Å². The van der Waals surface area contributed by atoms with Crippen molar-refractivity contribution in [3.63, 3.8) is 0 Å². The molecule has 1 aliphatic heterocycles. The maximum Gasteiger partial charge on any atom is 0.227 e. The topological polar surface area (TPSA) is 46.3 Å². The van der Waals surface area contributed by atoms with Gasteiger partial charge in [-0.15, -0.1) is 0 Å². The summed E-state index contributed by atoms with van der Waals surface area (Å²) in [7, 11) is 0. The quantitative estimate of drug-likeness (QED) is 0.814. The highest BCUT2D eigenvalue weighted by molar-refractivity contribution is 5.79. The molecule has 3 nitrogen and oxygen atoms in total. The number of hydrogen-bond acceptors (Lipinski definition) is 2. The molecule has 3 heteroatoms.